The molecular weight excluding hydrogens is 305 g/mol. The Hall–Kier alpha value is -2.71. The normalized spacial score (nSPS) is 11.3. The molecule has 0 saturated carbocycles. The second-order valence-electron chi connectivity index (χ2n) is 4.25. The van der Waals surface area contributed by atoms with Gasteiger partial charge in [0.25, 0.3) is 0 Å². The van der Waals surface area contributed by atoms with Crippen molar-refractivity contribution in [2.45, 2.75) is 13.0 Å². The Morgan fingerprint density at radius 3 is 2.64 bits per heavy atom. The first kappa shape index (κ1) is 15.7. The topological polar surface area (TPSA) is 73.6 Å². The molecule has 1 aromatic carbocycles. The van der Waals surface area contributed by atoms with Gasteiger partial charge in [-0.3, -0.25) is 4.68 Å². The van der Waals surface area contributed by atoms with E-state index in [1.54, 1.807) is 13.2 Å². The summed E-state index contributed by atoms with van der Waals surface area (Å²) in [5, 5.41) is 13.0. The van der Waals surface area contributed by atoms with Crippen LogP contribution < -0.4 is 9.47 Å². The molecule has 22 heavy (non-hydrogen) atoms. The van der Waals surface area contributed by atoms with Crippen molar-refractivity contribution in [3.05, 3.63) is 41.6 Å². The number of hydrogen-bond acceptors (Lipinski definition) is 4. The maximum absolute atomic E-state index is 12.4. The third-order valence-corrected chi connectivity index (χ3v) is 2.64. The summed E-state index contributed by atoms with van der Waals surface area (Å²) >= 11 is 0. The zero-order valence-electron chi connectivity index (χ0n) is 11.3. The highest BCUT2D eigenvalue weighted by molar-refractivity contribution is 5.90. The van der Waals surface area contributed by atoms with Crippen molar-refractivity contribution in [3.63, 3.8) is 0 Å². The standard InChI is InChI=1S/C13H11F3N2O4/c1-18-6-5-11(17-18)21-7-9-8(12(19)20)3-2-4-10(9)22-13(14,15)16/h2-6H,7H2,1H3,(H,19,20). The van der Waals surface area contributed by atoms with Gasteiger partial charge in [0.2, 0.25) is 5.88 Å². The molecule has 1 aromatic heterocycles. The number of carbonyl (C=O) groups is 1. The number of ether oxygens (including phenoxy) is 2. The SMILES string of the molecule is Cn1ccc(OCc2c(OC(F)(F)F)cccc2C(=O)O)n1. The Kier molecular flexibility index (Phi) is 4.25. The van der Waals surface area contributed by atoms with E-state index < -0.39 is 24.7 Å². The number of rotatable bonds is 5. The van der Waals surface area contributed by atoms with Crippen LogP contribution in [-0.4, -0.2) is 27.2 Å². The Morgan fingerprint density at radius 2 is 2.09 bits per heavy atom. The molecule has 1 N–H and O–H groups in total. The summed E-state index contributed by atoms with van der Waals surface area (Å²) in [5.41, 5.74) is -0.560. The molecule has 0 fully saturated rings. The van der Waals surface area contributed by atoms with Crippen molar-refractivity contribution in [3.8, 4) is 11.6 Å². The van der Waals surface area contributed by atoms with E-state index in [1.807, 2.05) is 0 Å². The second-order valence-corrected chi connectivity index (χ2v) is 4.25. The fourth-order valence-electron chi connectivity index (χ4n) is 1.75. The molecule has 6 nitrogen and oxygen atoms in total. The van der Waals surface area contributed by atoms with Crippen molar-refractivity contribution in [2.75, 3.05) is 0 Å². The lowest BCUT2D eigenvalue weighted by atomic mass is 10.1. The number of alkyl halides is 3. The van der Waals surface area contributed by atoms with Gasteiger partial charge >= 0.3 is 12.3 Å². The highest BCUT2D eigenvalue weighted by Crippen LogP contribution is 2.29. The summed E-state index contributed by atoms with van der Waals surface area (Å²) in [6, 6.07) is 4.85. The lowest BCUT2D eigenvalue weighted by Gasteiger charge is -2.15. The van der Waals surface area contributed by atoms with Crippen LogP contribution in [0.3, 0.4) is 0 Å². The number of carboxylic acid groups (broad SMARTS) is 1. The largest absolute Gasteiger partial charge is 0.573 e. The average molecular weight is 316 g/mol. The predicted octanol–water partition coefficient (Wildman–Crippen LogP) is 2.60. The van der Waals surface area contributed by atoms with Crippen molar-refractivity contribution in [1.82, 2.24) is 9.78 Å². The highest BCUT2D eigenvalue weighted by atomic mass is 19.4. The molecule has 118 valence electrons. The minimum atomic E-state index is -4.93. The fourth-order valence-corrected chi connectivity index (χ4v) is 1.75. The van der Waals surface area contributed by atoms with Gasteiger partial charge in [0.1, 0.15) is 12.4 Å². The molecule has 0 radical (unpaired) electrons. The van der Waals surface area contributed by atoms with E-state index in [-0.39, 0.29) is 17.0 Å². The van der Waals surface area contributed by atoms with Crippen LogP contribution in [0.5, 0.6) is 11.6 Å². The molecule has 2 aromatic rings. The second kappa shape index (κ2) is 5.96. The van der Waals surface area contributed by atoms with Crippen molar-refractivity contribution in [2.24, 2.45) is 7.05 Å². The smallest absolute Gasteiger partial charge is 0.478 e. The van der Waals surface area contributed by atoms with Gasteiger partial charge < -0.3 is 14.6 Å². The molecule has 0 unspecified atom stereocenters. The zero-order valence-corrected chi connectivity index (χ0v) is 11.3. The van der Waals surface area contributed by atoms with Gasteiger partial charge in [0.05, 0.1) is 5.56 Å². The van der Waals surface area contributed by atoms with Crippen LogP contribution in [0.15, 0.2) is 30.5 Å². The molecule has 9 heteroatoms. The molecule has 2 rings (SSSR count). The van der Waals surface area contributed by atoms with Crippen molar-refractivity contribution < 1.29 is 32.5 Å². The number of halogens is 3. The van der Waals surface area contributed by atoms with Gasteiger partial charge in [-0.05, 0) is 12.1 Å². The molecular formula is C13H11F3N2O4. The first-order chi connectivity index (χ1) is 10.3. The molecule has 0 spiro atoms. The number of benzene rings is 1. The van der Waals surface area contributed by atoms with Crippen LogP contribution >= 0.6 is 0 Å². The molecule has 0 saturated heterocycles. The van der Waals surface area contributed by atoms with Crippen LogP contribution in [0.25, 0.3) is 0 Å². The molecule has 0 aliphatic heterocycles. The van der Waals surface area contributed by atoms with E-state index in [4.69, 9.17) is 9.84 Å². The molecule has 0 bridgehead atoms. The lowest BCUT2D eigenvalue weighted by molar-refractivity contribution is -0.275. The Balaban J connectivity index is 2.30. The van der Waals surface area contributed by atoms with Crippen LogP contribution in [0.1, 0.15) is 15.9 Å². The molecule has 0 amide bonds. The Labute approximate surface area is 122 Å². The fraction of sp³-hybridized carbons (Fsp3) is 0.231. The summed E-state index contributed by atoms with van der Waals surface area (Å²) in [6.07, 6.45) is -3.36. The number of carboxylic acids is 1. The molecule has 0 aliphatic rings. The van der Waals surface area contributed by atoms with Crippen LogP contribution in [0, 0.1) is 0 Å². The van der Waals surface area contributed by atoms with Gasteiger partial charge in [-0.15, -0.1) is 18.3 Å². The maximum Gasteiger partial charge on any atom is 0.573 e. The highest BCUT2D eigenvalue weighted by Gasteiger charge is 2.33. The van der Waals surface area contributed by atoms with Crippen LogP contribution in [0.4, 0.5) is 13.2 Å². The van der Waals surface area contributed by atoms with Crippen LogP contribution in [0.2, 0.25) is 0 Å². The number of aromatic nitrogens is 2. The number of aryl methyl sites for hydroxylation is 1. The molecule has 1 heterocycles. The lowest BCUT2D eigenvalue weighted by Crippen LogP contribution is -2.19. The van der Waals surface area contributed by atoms with E-state index in [9.17, 15) is 18.0 Å². The van der Waals surface area contributed by atoms with Crippen molar-refractivity contribution >= 4 is 5.97 Å². The van der Waals surface area contributed by atoms with Gasteiger partial charge in [0.15, 0.2) is 0 Å². The predicted molar refractivity (Wildman–Crippen MR) is 67.6 cm³/mol. The van der Waals surface area contributed by atoms with E-state index in [1.165, 1.54) is 16.8 Å². The number of aromatic carboxylic acids is 1. The van der Waals surface area contributed by atoms with Gasteiger partial charge in [0, 0.05) is 24.9 Å². The number of hydrogen-bond donors (Lipinski definition) is 1. The summed E-state index contributed by atoms with van der Waals surface area (Å²) in [4.78, 5) is 11.1. The third-order valence-electron chi connectivity index (χ3n) is 2.64. The number of nitrogens with zero attached hydrogens (tertiary/aromatic N) is 2. The van der Waals surface area contributed by atoms with Crippen molar-refractivity contribution in [1.29, 1.82) is 0 Å². The zero-order chi connectivity index (χ0) is 16.3. The van der Waals surface area contributed by atoms with E-state index in [2.05, 4.69) is 9.84 Å². The van der Waals surface area contributed by atoms with Gasteiger partial charge in [-0.2, -0.15) is 0 Å². The van der Waals surface area contributed by atoms with E-state index in [0.29, 0.717) is 0 Å². The maximum atomic E-state index is 12.4. The van der Waals surface area contributed by atoms with Gasteiger partial charge in [-0.1, -0.05) is 6.07 Å². The minimum absolute atomic E-state index is 0.153. The van der Waals surface area contributed by atoms with Gasteiger partial charge in [-0.25, -0.2) is 4.79 Å². The Bertz CT molecular complexity index is 682. The summed E-state index contributed by atoms with van der Waals surface area (Å²) in [5.74, 6) is -1.85. The van der Waals surface area contributed by atoms with E-state index in [0.717, 1.165) is 12.1 Å². The monoisotopic (exact) mass is 316 g/mol. The molecule has 0 atom stereocenters. The minimum Gasteiger partial charge on any atom is -0.478 e. The summed E-state index contributed by atoms with van der Waals surface area (Å²) < 4.78 is 47.7. The average Bonchev–Trinajstić information content (AvgIpc) is 2.81. The Morgan fingerprint density at radius 1 is 1.36 bits per heavy atom. The van der Waals surface area contributed by atoms with Crippen LogP contribution in [-0.2, 0) is 13.7 Å². The summed E-state index contributed by atoms with van der Waals surface area (Å²) in [7, 11) is 1.64. The first-order valence-corrected chi connectivity index (χ1v) is 5.99. The third kappa shape index (κ3) is 3.90. The first-order valence-electron chi connectivity index (χ1n) is 5.99. The molecule has 0 aliphatic carbocycles. The van der Waals surface area contributed by atoms with E-state index >= 15 is 0 Å². The summed E-state index contributed by atoms with van der Waals surface area (Å²) in [6.45, 7) is -0.426. The quantitative estimate of drug-likeness (QED) is 0.918.